The van der Waals surface area contributed by atoms with Gasteiger partial charge in [-0.15, -0.1) is 4.52 Å². The van der Waals surface area contributed by atoms with Crippen molar-refractivity contribution in [1.82, 2.24) is 0 Å². The minimum atomic E-state index is -2.13. The molecule has 0 aromatic rings. The van der Waals surface area contributed by atoms with Crippen LogP contribution in [0.4, 0.5) is 0 Å². The fourth-order valence-electron chi connectivity index (χ4n) is 0.905. The number of ether oxygens (including phenoxy) is 1. The van der Waals surface area contributed by atoms with E-state index in [1.807, 2.05) is 0 Å². The summed E-state index contributed by atoms with van der Waals surface area (Å²) in [6.45, 7) is 3.41. The van der Waals surface area contributed by atoms with Crippen molar-refractivity contribution in [3.8, 4) is 0 Å². The minimum absolute atomic E-state index is 0.138. The van der Waals surface area contributed by atoms with Gasteiger partial charge in [-0.25, -0.2) is 4.79 Å². The average Bonchev–Trinajstić information content (AvgIpc) is 2.28. The molecule has 0 spiro atoms. The van der Waals surface area contributed by atoms with Crippen LogP contribution in [-0.4, -0.2) is 23.7 Å². The average molecular weight is 205 g/mol. The van der Waals surface area contributed by atoms with E-state index in [-0.39, 0.29) is 12.5 Å². The Morgan fingerprint density at radius 2 is 2.15 bits per heavy atom. The SMILES string of the molecule is CC(C)O[P+](=O)C1CC(=O)OC1=O. The molecule has 2 atom stereocenters. The first-order valence-corrected chi connectivity index (χ1v) is 5.13. The van der Waals surface area contributed by atoms with Gasteiger partial charge in [-0.3, -0.25) is 4.79 Å². The van der Waals surface area contributed by atoms with Crippen molar-refractivity contribution in [2.45, 2.75) is 32.0 Å². The summed E-state index contributed by atoms with van der Waals surface area (Å²) in [5.74, 6) is -1.38. The molecule has 6 heteroatoms. The Kier molecular flexibility index (Phi) is 3.12. The monoisotopic (exact) mass is 205 g/mol. The van der Waals surface area contributed by atoms with Crippen molar-refractivity contribution in [1.29, 1.82) is 0 Å². The number of hydrogen-bond donors (Lipinski definition) is 0. The molecule has 1 aliphatic heterocycles. The predicted octanol–water partition coefficient (Wildman–Crippen LogP) is 0.996. The summed E-state index contributed by atoms with van der Waals surface area (Å²) in [6, 6.07) is 0. The van der Waals surface area contributed by atoms with Gasteiger partial charge in [0.2, 0.25) is 0 Å². The molecule has 0 aromatic carbocycles. The molecule has 2 unspecified atom stereocenters. The fraction of sp³-hybridized carbons (Fsp3) is 0.714. The van der Waals surface area contributed by atoms with E-state index in [9.17, 15) is 14.2 Å². The molecule has 5 nitrogen and oxygen atoms in total. The molecule has 0 aromatic heterocycles. The van der Waals surface area contributed by atoms with Crippen LogP contribution in [0.1, 0.15) is 20.3 Å². The van der Waals surface area contributed by atoms with Crippen LogP contribution >= 0.6 is 8.03 Å². The van der Waals surface area contributed by atoms with Crippen LogP contribution in [0.15, 0.2) is 0 Å². The topological polar surface area (TPSA) is 69.7 Å². The Balaban J connectivity index is 2.57. The zero-order chi connectivity index (χ0) is 10.0. The highest BCUT2D eigenvalue weighted by Crippen LogP contribution is 2.37. The number of carbonyl (C=O) groups excluding carboxylic acids is 2. The summed E-state index contributed by atoms with van der Waals surface area (Å²) >= 11 is 0. The lowest BCUT2D eigenvalue weighted by Gasteiger charge is -1.94. The van der Waals surface area contributed by atoms with Gasteiger partial charge in [0.1, 0.15) is 12.5 Å². The predicted molar refractivity (Wildman–Crippen MR) is 43.3 cm³/mol. The molecule has 0 aliphatic carbocycles. The van der Waals surface area contributed by atoms with Crippen LogP contribution < -0.4 is 0 Å². The summed E-state index contributed by atoms with van der Waals surface area (Å²) in [5.41, 5.74) is -0.912. The normalized spacial score (nSPS) is 23.6. The summed E-state index contributed by atoms with van der Waals surface area (Å²) in [7, 11) is -2.13. The third kappa shape index (κ3) is 2.57. The third-order valence-corrected chi connectivity index (χ3v) is 2.95. The van der Waals surface area contributed by atoms with Crippen molar-refractivity contribution in [2.24, 2.45) is 0 Å². The van der Waals surface area contributed by atoms with Crippen molar-refractivity contribution >= 4 is 20.0 Å². The maximum atomic E-state index is 11.3. The van der Waals surface area contributed by atoms with E-state index in [1.54, 1.807) is 13.8 Å². The molecule has 1 rings (SSSR count). The van der Waals surface area contributed by atoms with E-state index in [2.05, 4.69) is 4.74 Å². The first kappa shape index (κ1) is 10.3. The summed E-state index contributed by atoms with van der Waals surface area (Å²) in [4.78, 5) is 21.5. The molecule has 0 saturated carbocycles. The Bertz CT molecular complexity index is 260. The van der Waals surface area contributed by atoms with Crippen LogP contribution in [0, 0.1) is 0 Å². The van der Waals surface area contributed by atoms with E-state index in [1.165, 1.54) is 0 Å². The molecule has 1 aliphatic rings. The Morgan fingerprint density at radius 1 is 1.54 bits per heavy atom. The van der Waals surface area contributed by atoms with Crippen molar-refractivity contribution < 1.29 is 23.4 Å². The molecule has 1 fully saturated rings. The standard InChI is InChI=1S/C7H10O5P/c1-4(2)12-13(10)5-3-6(8)11-7(5)9/h4-5H,3H2,1-2H3/q+1. The van der Waals surface area contributed by atoms with Crippen molar-refractivity contribution in [3.05, 3.63) is 0 Å². The first-order valence-electron chi connectivity index (χ1n) is 3.88. The van der Waals surface area contributed by atoms with E-state index < -0.39 is 25.6 Å². The zero-order valence-electron chi connectivity index (χ0n) is 7.35. The molecule has 0 bridgehead atoms. The first-order chi connectivity index (χ1) is 6.00. The highest BCUT2D eigenvalue weighted by atomic mass is 31.1. The number of cyclic esters (lactones) is 2. The Morgan fingerprint density at radius 3 is 2.54 bits per heavy atom. The van der Waals surface area contributed by atoms with E-state index in [4.69, 9.17) is 4.52 Å². The van der Waals surface area contributed by atoms with Gasteiger partial charge >= 0.3 is 20.0 Å². The third-order valence-electron chi connectivity index (χ3n) is 1.42. The highest BCUT2D eigenvalue weighted by molar-refractivity contribution is 7.41. The number of carbonyl (C=O) groups is 2. The second-order valence-electron chi connectivity index (χ2n) is 2.95. The lowest BCUT2D eigenvalue weighted by molar-refractivity contribution is -0.151. The fourth-order valence-corrected chi connectivity index (χ4v) is 1.99. The van der Waals surface area contributed by atoms with Crippen LogP contribution in [0.5, 0.6) is 0 Å². The molecule has 1 saturated heterocycles. The quantitative estimate of drug-likeness (QED) is 0.390. The smallest absolute Gasteiger partial charge is 0.390 e. The summed E-state index contributed by atoms with van der Waals surface area (Å²) < 4.78 is 20.4. The largest absolute Gasteiger partial charge is 0.524 e. The molecule has 1 heterocycles. The van der Waals surface area contributed by atoms with Gasteiger partial charge < -0.3 is 4.74 Å². The van der Waals surface area contributed by atoms with Crippen LogP contribution in [0.3, 0.4) is 0 Å². The molecular formula is C7H10O5P+. The second-order valence-corrected chi connectivity index (χ2v) is 4.36. The highest BCUT2D eigenvalue weighted by Gasteiger charge is 2.49. The summed E-state index contributed by atoms with van der Waals surface area (Å²) in [6.07, 6.45) is -0.368. The molecule has 0 radical (unpaired) electrons. The van der Waals surface area contributed by atoms with Gasteiger partial charge in [0.05, 0.1) is 0 Å². The minimum Gasteiger partial charge on any atom is -0.390 e. The van der Waals surface area contributed by atoms with Crippen LogP contribution in [0.25, 0.3) is 0 Å². The Labute approximate surface area is 76.3 Å². The maximum absolute atomic E-state index is 11.3. The summed E-state index contributed by atoms with van der Waals surface area (Å²) in [5, 5.41) is 0. The molecule has 13 heavy (non-hydrogen) atoms. The van der Waals surface area contributed by atoms with Gasteiger partial charge in [-0.1, -0.05) is 0 Å². The number of rotatable bonds is 3. The van der Waals surface area contributed by atoms with E-state index in [0.717, 1.165) is 0 Å². The molecule has 72 valence electrons. The second kappa shape index (κ2) is 3.94. The van der Waals surface area contributed by atoms with E-state index >= 15 is 0 Å². The molecule has 0 amide bonds. The lowest BCUT2D eigenvalue weighted by atomic mass is 10.4. The van der Waals surface area contributed by atoms with Crippen LogP contribution in [0.2, 0.25) is 0 Å². The van der Waals surface area contributed by atoms with Gasteiger partial charge in [-0.05, 0) is 18.4 Å². The van der Waals surface area contributed by atoms with Gasteiger partial charge in [0.15, 0.2) is 0 Å². The van der Waals surface area contributed by atoms with E-state index in [0.29, 0.717) is 0 Å². The zero-order valence-corrected chi connectivity index (χ0v) is 8.24. The molecular weight excluding hydrogens is 195 g/mol. The van der Waals surface area contributed by atoms with Gasteiger partial charge in [-0.2, -0.15) is 0 Å². The van der Waals surface area contributed by atoms with Crippen molar-refractivity contribution in [2.75, 3.05) is 0 Å². The van der Waals surface area contributed by atoms with Crippen LogP contribution in [-0.2, 0) is 23.4 Å². The molecule has 0 N–H and O–H groups in total. The maximum Gasteiger partial charge on any atom is 0.524 e. The van der Waals surface area contributed by atoms with Crippen molar-refractivity contribution in [3.63, 3.8) is 0 Å². The lowest BCUT2D eigenvalue weighted by Crippen LogP contribution is -2.12. The van der Waals surface area contributed by atoms with Gasteiger partial charge in [0, 0.05) is 0 Å². The van der Waals surface area contributed by atoms with Gasteiger partial charge in [0.25, 0.3) is 5.66 Å². The number of hydrogen-bond acceptors (Lipinski definition) is 5. The number of esters is 2. The Hall–Kier alpha value is -0.800.